The molecule has 0 saturated heterocycles. The Labute approximate surface area is 77.4 Å². The van der Waals surface area contributed by atoms with Crippen LogP contribution in [0.3, 0.4) is 0 Å². The Hall–Kier alpha value is -1.70. The summed E-state index contributed by atoms with van der Waals surface area (Å²) in [6.07, 6.45) is 10.4. The maximum absolute atomic E-state index is 4.30. The van der Waals surface area contributed by atoms with Crippen molar-refractivity contribution >= 4 is 5.71 Å². The molecule has 0 amide bonds. The molecule has 0 unspecified atom stereocenters. The van der Waals surface area contributed by atoms with Gasteiger partial charge in [-0.2, -0.15) is 0 Å². The molecule has 2 heterocycles. The van der Waals surface area contributed by atoms with Crippen LogP contribution in [0.2, 0.25) is 0 Å². The predicted molar refractivity (Wildman–Crippen MR) is 53.7 cm³/mol. The lowest BCUT2D eigenvalue weighted by molar-refractivity contribution is 1.25. The Balaban J connectivity index is 2.32. The molecular formula is C11H10N2. The molecule has 64 valence electrons. The molecule has 2 nitrogen and oxygen atoms in total. The van der Waals surface area contributed by atoms with E-state index in [0.29, 0.717) is 0 Å². The number of allylic oxidation sites excluding steroid dienone is 3. The topological polar surface area (TPSA) is 25.2 Å². The number of nitrogens with zero attached hydrogens (tertiary/aromatic N) is 2. The molecule has 13 heavy (non-hydrogen) atoms. The van der Waals surface area contributed by atoms with Gasteiger partial charge in [-0.15, -0.1) is 0 Å². The molecule has 1 aromatic rings. The van der Waals surface area contributed by atoms with Crippen LogP contribution in [0, 0.1) is 0 Å². The molecule has 0 N–H and O–H groups in total. The van der Waals surface area contributed by atoms with Gasteiger partial charge in [0.1, 0.15) is 0 Å². The summed E-state index contributed by atoms with van der Waals surface area (Å²) in [6, 6.07) is 5.86. The zero-order valence-electron chi connectivity index (χ0n) is 7.22. The van der Waals surface area contributed by atoms with Gasteiger partial charge in [-0.05, 0) is 18.2 Å². The number of aromatic nitrogens is 1. The number of hydrogen-bond donors (Lipinski definition) is 0. The van der Waals surface area contributed by atoms with Crippen LogP contribution in [-0.2, 0) is 0 Å². The van der Waals surface area contributed by atoms with Crippen molar-refractivity contribution in [2.24, 2.45) is 4.99 Å². The fraction of sp³-hybridized carbons (Fsp3) is 0.0909. The van der Waals surface area contributed by atoms with E-state index in [4.69, 9.17) is 0 Å². The maximum atomic E-state index is 4.30. The monoisotopic (exact) mass is 170 g/mol. The molecule has 0 bridgehead atoms. The van der Waals surface area contributed by atoms with Gasteiger partial charge in [0.05, 0.1) is 11.4 Å². The SMILES string of the molecule is C1=CCC(c2ccccn2)=NC=C1. The third kappa shape index (κ3) is 1.90. The molecule has 2 rings (SSSR count). The quantitative estimate of drug-likeness (QED) is 0.635. The minimum Gasteiger partial charge on any atom is -0.259 e. The van der Waals surface area contributed by atoms with Crippen molar-refractivity contribution in [1.82, 2.24) is 4.98 Å². The van der Waals surface area contributed by atoms with Crippen LogP contribution >= 0.6 is 0 Å². The smallest absolute Gasteiger partial charge is 0.0847 e. The van der Waals surface area contributed by atoms with E-state index in [9.17, 15) is 0 Å². The van der Waals surface area contributed by atoms with Gasteiger partial charge in [0.25, 0.3) is 0 Å². The van der Waals surface area contributed by atoms with E-state index in [1.807, 2.05) is 30.4 Å². The minimum absolute atomic E-state index is 0.851. The summed E-state index contributed by atoms with van der Waals surface area (Å²) in [7, 11) is 0. The van der Waals surface area contributed by atoms with Crippen molar-refractivity contribution in [3.05, 3.63) is 54.5 Å². The zero-order chi connectivity index (χ0) is 8.93. The van der Waals surface area contributed by atoms with E-state index in [2.05, 4.69) is 16.1 Å². The minimum atomic E-state index is 0.851. The Morgan fingerprint density at radius 1 is 1.15 bits per heavy atom. The molecule has 0 saturated carbocycles. The van der Waals surface area contributed by atoms with E-state index >= 15 is 0 Å². The molecule has 1 aliphatic rings. The van der Waals surface area contributed by atoms with Gasteiger partial charge in [0.2, 0.25) is 0 Å². The van der Waals surface area contributed by atoms with Crippen LogP contribution in [-0.4, -0.2) is 10.7 Å². The first-order valence-corrected chi connectivity index (χ1v) is 4.26. The fourth-order valence-electron chi connectivity index (χ4n) is 1.20. The Kier molecular flexibility index (Phi) is 2.32. The van der Waals surface area contributed by atoms with Crippen LogP contribution in [0.25, 0.3) is 0 Å². The molecule has 0 spiro atoms. The summed E-state index contributed by atoms with van der Waals surface area (Å²) in [5, 5.41) is 0. The number of rotatable bonds is 1. The predicted octanol–water partition coefficient (Wildman–Crippen LogP) is 2.34. The third-order valence-corrected chi connectivity index (χ3v) is 1.84. The van der Waals surface area contributed by atoms with Crippen LogP contribution in [0.15, 0.2) is 53.8 Å². The van der Waals surface area contributed by atoms with Crippen molar-refractivity contribution in [3.8, 4) is 0 Å². The highest BCUT2D eigenvalue weighted by Crippen LogP contribution is 2.05. The first-order chi connectivity index (χ1) is 6.47. The van der Waals surface area contributed by atoms with Crippen LogP contribution in [0.5, 0.6) is 0 Å². The Morgan fingerprint density at radius 2 is 2.15 bits per heavy atom. The number of pyridine rings is 1. The van der Waals surface area contributed by atoms with E-state index < -0.39 is 0 Å². The van der Waals surface area contributed by atoms with Gasteiger partial charge in [-0.25, -0.2) is 0 Å². The second-order valence-electron chi connectivity index (χ2n) is 2.76. The summed E-state index contributed by atoms with van der Waals surface area (Å²) in [6.45, 7) is 0. The van der Waals surface area contributed by atoms with Crippen molar-refractivity contribution < 1.29 is 0 Å². The van der Waals surface area contributed by atoms with E-state index in [-0.39, 0.29) is 0 Å². The Morgan fingerprint density at radius 3 is 3.00 bits per heavy atom. The second kappa shape index (κ2) is 3.81. The summed E-state index contributed by atoms with van der Waals surface area (Å²) < 4.78 is 0. The molecule has 1 aliphatic heterocycles. The van der Waals surface area contributed by atoms with Gasteiger partial charge in [0, 0.05) is 18.8 Å². The largest absolute Gasteiger partial charge is 0.259 e. The van der Waals surface area contributed by atoms with Gasteiger partial charge in [-0.1, -0.05) is 18.2 Å². The van der Waals surface area contributed by atoms with Crippen LogP contribution in [0.4, 0.5) is 0 Å². The highest BCUT2D eigenvalue weighted by atomic mass is 14.8. The average molecular weight is 170 g/mol. The van der Waals surface area contributed by atoms with Crippen molar-refractivity contribution in [3.63, 3.8) is 0 Å². The Bertz CT molecular complexity index is 361. The molecule has 0 atom stereocenters. The molecule has 0 radical (unpaired) electrons. The highest BCUT2D eigenvalue weighted by Gasteiger charge is 2.01. The third-order valence-electron chi connectivity index (χ3n) is 1.84. The van der Waals surface area contributed by atoms with E-state index in [0.717, 1.165) is 17.8 Å². The summed E-state index contributed by atoms with van der Waals surface area (Å²) in [4.78, 5) is 8.55. The first kappa shape index (κ1) is 7.92. The molecule has 0 aromatic carbocycles. The first-order valence-electron chi connectivity index (χ1n) is 4.26. The standard InChI is InChI=1S/C11H10N2/c1-2-6-10(12-8-4-1)11-7-3-5-9-13-11/h1-5,7-9H,6H2. The van der Waals surface area contributed by atoms with Crippen molar-refractivity contribution in [1.29, 1.82) is 0 Å². The van der Waals surface area contributed by atoms with Gasteiger partial charge < -0.3 is 0 Å². The lowest BCUT2D eigenvalue weighted by Gasteiger charge is -1.99. The van der Waals surface area contributed by atoms with Gasteiger partial charge >= 0.3 is 0 Å². The summed E-state index contributed by atoms with van der Waals surface area (Å²) in [5.41, 5.74) is 1.98. The highest BCUT2D eigenvalue weighted by molar-refractivity contribution is 6.00. The molecule has 2 heteroatoms. The summed E-state index contributed by atoms with van der Waals surface area (Å²) in [5.74, 6) is 0. The normalized spacial score (nSPS) is 15.2. The van der Waals surface area contributed by atoms with E-state index in [1.165, 1.54) is 0 Å². The molecular weight excluding hydrogens is 160 g/mol. The van der Waals surface area contributed by atoms with Crippen LogP contribution < -0.4 is 0 Å². The second-order valence-corrected chi connectivity index (χ2v) is 2.76. The lowest BCUT2D eigenvalue weighted by Crippen LogP contribution is -2.00. The molecule has 0 aliphatic carbocycles. The van der Waals surface area contributed by atoms with Gasteiger partial charge in [0.15, 0.2) is 0 Å². The van der Waals surface area contributed by atoms with Crippen molar-refractivity contribution in [2.45, 2.75) is 6.42 Å². The fourth-order valence-corrected chi connectivity index (χ4v) is 1.20. The maximum Gasteiger partial charge on any atom is 0.0847 e. The number of hydrogen-bond acceptors (Lipinski definition) is 2. The average Bonchev–Trinajstić information content (AvgIpc) is 2.47. The van der Waals surface area contributed by atoms with E-state index in [1.54, 1.807) is 12.4 Å². The number of aliphatic imine (C=N–C) groups is 1. The summed E-state index contributed by atoms with van der Waals surface area (Å²) >= 11 is 0. The van der Waals surface area contributed by atoms with Gasteiger partial charge in [-0.3, -0.25) is 9.98 Å². The van der Waals surface area contributed by atoms with Crippen LogP contribution in [0.1, 0.15) is 12.1 Å². The lowest BCUT2D eigenvalue weighted by atomic mass is 10.2. The molecule has 0 fully saturated rings. The molecule has 1 aromatic heterocycles. The zero-order valence-corrected chi connectivity index (χ0v) is 7.22. The van der Waals surface area contributed by atoms with Crippen molar-refractivity contribution in [2.75, 3.05) is 0 Å².